The molecule has 0 saturated heterocycles. The van der Waals surface area contributed by atoms with E-state index >= 15 is 0 Å². The van der Waals surface area contributed by atoms with Gasteiger partial charge in [0.15, 0.2) is 0 Å². The van der Waals surface area contributed by atoms with Gasteiger partial charge in [0.2, 0.25) is 0 Å². The van der Waals surface area contributed by atoms with Gasteiger partial charge in [0.25, 0.3) is 0 Å². The van der Waals surface area contributed by atoms with Crippen molar-refractivity contribution in [2.24, 2.45) is 0 Å². The Hall–Kier alpha value is -2.70. The second-order valence-corrected chi connectivity index (χ2v) is 6.19. The fraction of sp³-hybridized carbons (Fsp3) is 0.150. The van der Waals surface area contributed by atoms with E-state index in [-0.39, 0.29) is 0 Å². The summed E-state index contributed by atoms with van der Waals surface area (Å²) in [4.78, 5) is 0. The maximum Gasteiger partial charge on any atom is 0.129 e. The third-order valence-electron chi connectivity index (χ3n) is 4.23. The summed E-state index contributed by atoms with van der Waals surface area (Å²) < 4.78 is 2.15. The van der Waals surface area contributed by atoms with Gasteiger partial charge >= 0.3 is 0 Å². The molecule has 0 unspecified atom stereocenters. The zero-order valence-corrected chi connectivity index (χ0v) is 14.4. The molecule has 1 heterocycles. The first-order valence-corrected chi connectivity index (χ1v) is 8.14. The molecule has 1 N–H and O–H groups in total. The number of hydrogen-bond acceptors (Lipinski definition) is 2. The zero-order chi connectivity index (χ0) is 17.1. The summed E-state index contributed by atoms with van der Waals surface area (Å²) in [7, 11) is 0. The third-order valence-corrected chi connectivity index (χ3v) is 4.48. The fourth-order valence-corrected chi connectivity index (χ4v) is 2.89. The Morgan fingerprint density at radius 2 is 1.71 bits per heavy atom. The van der Waals surface area contributed by atoms with E-state index in [4.69, 9.17) is 11.6 Å². The smallest absolute Gasteiger partial charge is 0.129 e. The van der Waals surface area contributed by atoms with Crippen LogP contribution < -0.4 is 5.32 Å². The van der Waals surface area contributed by atoms with E-state index in [0.29, 0.717) is 17.1 Å². The molecule has 3 rings (SSSR count). The Labute approximate surface area is 147 Å². The van der Waals surface area contributed by atoms with E-state index in [0.717, 1.165) is 22.8 Å². The molecule has 4 heteroatoms. The molecule has 120 valence electrons. The van der Waals surface area contributed by atoms with Gasteiger partial charge in [0.1, 0.15) is 11.9 Å². The minimum Gasteiger partial charge on any atom is -0.341 e. The lowest BCUT2D eigenvalue weighted by Gasteiger charge is -2.14. The lowest BCUT2D eigenvalue weighted by Crippen LogP contribution is -2.06. The van der Waals surface area contributed by atoms with Crippen molar-refractivity contribution in [2.75, 3.05) is 5.32 Å². The van der Waals surface area contributed by atoms with Crippen LogP contribution >= 0.6 is 11.6 Å². The van der Waals surface area contributed by atoms with Crippen LogP contribution in [0.5, 0.6) is 0 Å². The Morgan fingerprint density at radius 3 is 2.33 bits per heavy atom. The summed E-state index contributed by atoms with van der Waals surface area (Å²) in [5.41, 5.74) is 4.87. The van der Waals surface area contributed by atoms with Gasteiger partial charge in [-0.25, -0.2) is 0 Å². The largest absolute Gasteiger partial charge is 0.341 e. The standard InChI is InChI=1S/C20H18ClN3/c1-14-15(2)24(13-16-6-4-3-5-7-16)20(19(14)12-22)23-18-10-8-17(21)9-11-18/h3-11,23H,13H2,1-2H3. The molecule has 0 radical (unpaired) electrons. The number of nitriles is 1. The lowest BCUT2D eigenvalue weighted by atomic mass is 10.2. The van der Waals surface area contributed by atoms with Crippen molar-refractivity contribution in [1.29, 1.82) is 5.26 Å². The van der Waals surface area contributed by atoms with Crippen molar-refractivity contribution in [3.05, 3.63) is 82.0 Å². The second kappa shape index (κ2) is 6.82. The zero-order valence-electron chi connectivity index (χ0n) is 13.7. The second-order valence-electron chi connectivity index (χ2n) is 5.75. The van der Waals surface area contributed by atoms with Crippen molar-refractivity contribution in [2.45, 2.75) is 20.4 Å². The summed E-state index contributed by atoms with van der Waals surface area (Å²) in [5, 5.41) is 13.7. The van der Waals surface area contributed by atoms with E-state index in [2.05, 4.69) is 28.1 Å². The maximum absolute atomic E-state index is 9.60. The molecule has 0 aliphatic carbocycles. The van der Waals surface area contributed by atoms with Crippen molar-refractivity contribution in [3.8, 4) is 6.07 Å². The molecule has 0 spiro atoms. The molecule has 0 amide bonds. The van der Waals surface area contributed by atoms with Crippen LogP contribution in [0.15, 0.2) is 54.6 Å². The van der Waals surface area contributed by atoms with Crippen LogP contribution in [0.4, 0.5) is 11.5 Å². The van der Waals surface area contributed by atoms with Crippen LogP contribution in [-0.2, 0) is 6.54 Å². The summed E-state index contributed by atoms with van der Waals surface area (Å²) in [5.74, 6) is 0.818. The first kappa shape index (κ1) is 16.2. The lowest BCUT2D eigenvalue weighted by molar-refractivity contribution is 0.781. The number of aromatic nitrogens is 1. The number of nitrogens with one attached hydrogen (secondary N) is 1. The van der Waals surface area contributed by atoms with E-state index < -0.39 is 0 Å². The molecule has 1 aromatic heterocycles. The Kier molecular flexibility index (Phi) is 4.59. The molecule has 0 atom stereocenters. The Balaban J connectivity index is 2.04. The molecule has 0 aliphatic heterocycles. The van der Waals surface area contributed by atoms with Crippen LogP contribution in [0, 0.1) is 25.2 Å². The number of halogens is 1. The molecule has 0 saturated carbocycles. The highest BCUT2D eigenvalue weighted by Crippen LogP contribution is 2.30. The maximum atomic E-state index is 9.60. The highest BCUT2D eigenvalue weighted by molar-refractivity contribution is 6.30. The molecular formula is C20H18ClN3. The number of nitrogens with zero attached hydrogens (tertiary/aromatic N) is 2. The van der Waals surface area contributed by atoms with Gasteiger partial charge in [-0.15, -0.1) is 0 Å². The van der Waals surface area contributed by atoms with Gasteiger partial charge in [-0.1, -0.05) is 41.9 Å². The average Bonchev–Trinajstić information content (AvgIpc) is 2.82. The van der Waals surface area contributed by atoms with Crippen molar-refractivity contribution in [1.82, 2.24) is 4.57 Å². The number of rotatable bonds is 4. The van der Waals surface area contributed by atoms with Crippen LogP contribution in [-0.4, -0.2) is 4.57 Å². The normalized spacial score (nSPS) is 10.4. The summed E-state index contributed by atoms with van der Waals surface area (Å²) in [6.45, 7) is 4.75. The van der Waals surface area contributed by atoms with Gasteiger partial charge < -0.3 is 9.88 Å². The molecule has 0 aliphatic rings. The van der Waals surface area contributed by atoms with E-state index in [9.17, 15) is 5.26 Å². The SMILES string of the molecule is Cc1c(C#N)c(Nc2ccc(Cl)cc2)n(Cc2ccccc2)c1C. The number of hydrogen-bond donors (Lipinski definition) is 1. The minimum atomic E-state index is 0.679. The fourth-order valence-electron chi connectivity index (χ4n) is 2.76. The highest BCUT2D eigenvalue weighted by Gasteiger charge is 2.18. The van der Waals surface area contributed by atoms with Crippen LogP contribution in [0.2, 0.25) is 5.02 Å². The number of benzene rings is 2. The summed E-state index contributed by atoms with van der Waals surface area (Å²) in [6, 6.07) is 20.1. The van der Waals surface area contributed by atoms with E-state index in [1.807, 2.05) is 56.3 Å². The van der Waals surface area contributed by atoms with E-state index in [1.165, 1.54) is 5.56 Å². The molecular weight excluding hydrogens is 318 g/mol. The number of anilines is 2. The van der Waals surface area contributed by atoms with Crippen LogP contribution in [0.1, 0.15) is 22.4 Å². The third kappa shape index (κ3) is 3.15. The quantitative estimate of drug-likeness (QED) is 0.691. The van der Waals surface area contributed by atoms with Crippen LogP contribution in [0.3, 0.4) is 0 Å². The van der Waals surface area contributed by atoms with Crippen molar-refractivity contribution in [3.63, 3.8) is 0 Å². The molecule has 2 aromatic carbocycles. The average molecular weight is 336 g/mol. The molecule has 24 heavy (non-hydrogen) atoms. The highest BCUT2D eigenvalue weighted by atomic mass is 35.5. The van der Waals surface area contributed by atoms with Crippen molar-refractivity contribution < 1.29 is 0 Å². The molecule has 0 bridgehead atoms. The Bertz CT molecular complexity index is 887. The Morgan fingerprint density at radius 1 is 1.04 bits per heavy atom. The van der Waals surface area contributed by atoms with Gasteiger partial charge in [-0.05, 0) is 49.2 Å². The first-order valence-electron chi connectivity index (χ1n) is 7.76. The molecule has 3 aromatic rings. The topological polar surface area (TPSA) is 40.8 Å². The van der Waals surface area contributed by atoms with Gasteiger partial charge in [0.05, 0.1) is 5.56 Å². The minimum absolute atomic E-state index is 0.679. The summed E-state index contributed by atoms with van der Waals surface area (Å²) >= 11 is 5.96. The predicted octanol–water partition coefficient (Wildman–Crippen LogP) is 5.42. The monoisotopic (exact) mass is 335 g/mol. The summed E-state index contributed by atoms with van der Waals surface area (Å²) in [6.07, 6.45) is 0. The molecule has 3 nitrogen and oxygen atoms in total. The first-order chi connectivity index (χ1) is 11.6. The van der Waals surface area contributed by atoms with E-state index in [1.54, 1.807) is 0 Å². The predicted molar refractivity (Wildman–Crippen MR) is 98.9 cm³/mol. The van der Waals surface area contributed by atoms with Gasteiger partial charge in [-0.2, -0.15) is 5.26 Å². The van der Waals surface area contributed by atoms with Crippen molar-refractivity contribution >= 4 is 23.1 Å². The van der Waals surface area contributed by atoms with Crippen LogP contribution in [0.25, 0.3) is 0 Å². The van der Waals surface area contributed by atoms with Gasteiger partial charge in [0, 0.05) is 22.9 Å². The van der Waals surface area contributed by atoms with Gasteiger partial charge in [-0.3, -0.25) is 0 Å². The molecule has 0 fully saturated rings.